The Bertz CT molecular complexity index is 931. The molecule has 0 spiro atoms. The monoisotopic (exact) mass is 319 g/mol. The highest BCUT2D eigenvalue weighted by molar-refractivity contribution is 5.88. The van der Waals surface area contributed by atoms with Gasteiger partial charge in [-0.3, -0.25) is 0 Å². The first-order valence-corrected chi connectivity index (χ1v) is 8.80. The standard InChI is InChI=1S/C22H25NO/c1-13(2)10-15-11-14(3)20-18(12-15)22(4,5)17-7-6-16-8-9-23-19(16)21(17)24-20/h6-9,11-13,23H,10H2,1-5H3. The van der Waals surface area contributed by atoms with Gasteiger partial charge < -0.3 is 9.72 Å². The van der Waals surface area contributed by atoms with E-state index in [4.69, 9.17) is 4.74 Å². The maximum absolute atomic E-state index is 6.44. The van der Waals surface area contributed by atoms with Crippen LogP contribution in [-0.2, 0) is 11.8 Å². The molecule has 0 fully saturated rings. The molecule has 1 aliphatic rings. The van der Waals surface area contributed by atoms with Crippen molar-refractivity contribution in [2.75, 3.05) is 0 Å². The van der Waals surface area contributed by atoms with Gasteiger partial charge in [0.1, 0.15) is 5.75 Å². The molecule has 1 aromatic heterocycles. The average molecular weight is 319 g/mol. The molecule has 0 amide bonds. The van der Waals surface area contributed by atoms with Gasteiger partial charge in [-0.2, -0.15) is 0 Å². The van der Waals surface area contributed by atoms with Crippen molar-refractivity contribution in [3.05, 3.63) is 58.8 Å². The Balaban J connectivity index is 1.94. The van der Waals surface area contributed by atoms with Gasteiger partial charge in [0.25, 0.3) is 0 Å². The largest absolute Gasteiger partial charge is 0.454 e. The fraction of sp³-hybridized carbons (Fsp3) is 0.364. The third-order valence-electron chi connectivity index (χ3n) is 5.21. The number of hydrogen-bond acceptors (Lipinski definition) is 1. The summed E-state index contributed by atoms with van der Waals surface area (Å²) in [5.41, 5.74) is 6.22. The minimum Gasteiger partial charge on any atom is -0.454 e. The molecule has 0 aliphatic carbocycles. The van der Waals surface area contributed by atoms with Crippen molar-refractivity contribution in [1.29, 1.82) is 0 Å². The number of fused-ring (bicyclic) bond motifs is 4. The molecule has 24 heavy (non-hydrogen) atoms. The number of benzene rings is 2. The first-order chi connectivity index (χ1) is 11.4. The third-order valence-corrected chi connectivity index (χ3v) is 5.21. The highest BCUT2D eigenvalue weighted by Gasteiger charge is 2.36. The fourth-order valence-electron chi connectivity index (χ4n) is 3.98. The van der Waals surface area contributed by atoms with Crippen LogP contribution in [0.1, 0.15) is 49.9 Å². The second-order valence-electron chi connectivity index (χ2n) is 8.00. The van der Waals surface area contributed by atoms with Gasteiger partial charge in [-0.1, -0.05) is 52.0 Å². The van der Waals surface area contributed by atoms with E-state index >= 15 is 0 Å². The maximum atomic E-state index is 6.44. The molecule has 2 heterocycles. The van der Waals surface area contributed by atoms with Gasteiger partial charge in [0, 0.05) is 28.1 Å². The van der Waals surface area contributed by atoms with Crippen LogP contribution < -0.4 is 4.74 Å². The van der Waals surface area contributed by atoms with Gasteiger partial charge in [0.05, 0.1) is 5.52 Å². The van der Waals surface area contributed by atoms with Crippen LogP contribution in [0.2, 0.25) is 0 Å². The molecule has 2 nitrogen and oxygen atoms in total. The van der Waals surface area contributed by atoms with E-state index in [1.165, 1.54) is 27.6 Å². The van der Waals surface area contributed by atoms with Gasteiger partial charge >= 0.3 is 0 Å². The minimum absolute atomic E-state index is 0.0695. The molecule has 4 rings (SSSR count). The second kappa shape index (κ2) is 5.14. The van der Waals surface area contributed by atoms with E-state index in [2.05, 4.69) is 69.9 Å². The molecule has 0 saturated heterocycles. The molecule has 2 heteroatoms. The summed E-state index contributed by atoms with van der Waals surface area (Å²) in [5.74, 6) is 2.66. The lowest BCUT2D eigenvalue weighted by molar-refractivity contribution is 0.418. The summed E-state index contributed by atoms with van der Waals surface area (Å²) in [5, 5.41) is 1.20. The van der Waals surface area contributed by atoms with Crippen LogP contribution in [0, 0.1) is 12.8 Å². The highest BCUT2D eigenvalue weighted by atomic mass is 16.5. The van der Waals surface area contributed by atoms with Crippen molar-refractivity contribution < 1.29 is 4.74 Å². The molecule has 1 N–H and O–H groups in total. The molecule has 0 unspecified atom stereocenters. The summed E-state index contributed by atoms with van der Waals surface area (Å²) >= 11 is 0. The van der Waals surface area contributed by atoms with E-state index in [0.29, 0.717) is 5.92 Å². The number of aromatic nitrogens is 1. The Morgan fingerprint density at radius 2 is 1.83 bits per heavy atom. The average Bonchev–Trinajstić information content (AvgIpc) is 2.97. The zero-order valence-electron chi connectivity index (χ0n) is 15.2. The molecule has 2 aromatic carbocycles. The first kappa shape index (κ1) is 15.3. The Labute approximate surface area is 143 Å². The highest BCUT2D eigenvalue weighted by Crippen LogP contribution is 2.51. The molecule has 1 aliphatic heterocycles. The summed E-state index contributed by atoms with van der Waals surface area (Å²) < 4.78 is 6.44. The number of H-pyrrole nitrogens is 1. The zero-order chi connectivity index (χ0) is 17.1. The molecular weight excluding hydrogens is 294 g/mol. The van der Waals surface area contributed by atoms with Gasteiger partial charge in [-0.25, -0.2) is 0 Å². The van der Waals surface area contributed by atoms with Crippen LogP contribution in [0.3, 0.4) is 0 Å². The van der Waals surface area contributed by atoms with Crippen molar-refractivity contribution in [3.8, 4) is 11.5 Å². The van der Waals surface area contributed by atoms with Crippen molar-refractivity contribution in [3.63, 3.8) is 0 Å². The van der Waals surface area contributed by atoms with E-state index in [9.17, 15) is 0 Å². The minimum atomic E-state index is -0.0695. The van der Waals surface area contributed by atoms with E-state index in [0.717, 1.165) is 23.4 Å². The van der Waals surface area contributed by atoms with Crippen LogP contribution >= 0.6 is 0 Å². The Kier molecular flexibility index (Phi) is 3.28. The smallest absolute Gasteiger partial charge is 0.155 e. The number of ether oxygens (including phenoxy) is 1. The van der Waals surface area contributed by atoms with Crippen molar-refractivity contribution in [2.45, 2.75) is 46.5 Å². The summed E-state index contributed by atoms with van der Waals surface area (Å²) in [6.45, 7) is 11.3. The second-order valence-corrected chi connectivity index (χ2v) is 8.00. The molecule has 3 aromatic rings. The van der Waals surface area contributed by atoms with Gasteiger partial charge in [-0.15, -0.1) is 0 Å². The first-order valence-electron chi connectivity index (χ1n) is 8.80. The van der Waals surface area contributed by atoms with Crippen LogP contribution in [0.15, 0.2) is 36.5 Å². The lowest BCUT2D eigenvalue weighted by atomic mass is 9.74. The van der Waals surface area contributed by atoms with Gasteiger partial charge in [-0.05, 0) is 36.5 Å². The van der Waals surface area contributed by atoms with Crippen LogP contribution in [0.4, 0.5) is 0 Å². The van der Waals surface area contributed by atoms with Crippen molar-refractivity contribution in [2.24, 2.45) is 5.92 Å². The van der Waals surface area contributed by atoms with Crippen molar-refractivity contribution in [1.82, 2.24) is 4.98 Å². The predicted octanol–water partition coefficient (Wildman–Crippen LogP) is 6.11. The quantitative estimate of drug-likeness (QED) is 0.606. The Hall–Kier alpha value is -2.22. The topological polar surface area (TPSA) is 25.0 Å². The number of rotatable bonds is 2. The fourth-order valence-corrected chi connectivity index (χ4v) is 3.98. The molecule has 124 valence electrons. The Morgan fingerprint density at radius 3 is 2.58 bits per heavy atom. The molecule has 0 bridgehead atoms. The molecule has 0 radical (unpaired) electrons. The normalized spacial score (nSPS) is 15.2. The van der Waals surface area contributed by atoms with Crippen LogP contribution in [0.5, 0.6) is 11.5 Å². The summed E-state index contributed by atoms with van der Waals surface area (Å²) in [6.07, 6.45) is 3.09. The van der Waals surface area contributed by atoms with Gasteiger partial charge in [0.2, 0.25) is 0 Å². The third kappa shape index (κ3) is 2.16. The lowest BCUT2D eigenvalue weighted by Crippen LogP contribution is -2.25. The number of nitrogens with one attached hydrogen (secondary N) is 1. The van der Waals surface area contributed by atoms with E-state index in [-0.39, 0.29) is 5.41 Å². The maximum Gasteiger partial charge on any atom is 0.155 e. The summed E-state index contributed by atoms with van der Waals surface area (Å²) in [6, 6.07) is 11.1. The Morgan fingerprint density at radius 1 is 1.04 bits per heavy atom. The zero-order valence-corrected chi connectivity index (χ0v) is 15.2. The molecule has 0 atom stereocenters. The number of aromatic amines is 1. The lowest BCUT2D eigenvalue weighted by Gasteiger charge is -2.36. The van der Waals surface area contributed by atoms with Gasteiger partial charge in [0.15, 0.2) is 5.75 Å². The van der Waals surface area contributed by atoms with E-state index < -0.39 is 0 Å². The SMILES string of the molecule is Cc1cc(CC(C)C)cc2c1Oc1c(ccc3cc[nH]c13)C2(C)C. The predicted molar refractivity (Wildman–Crippen MR) is 100 cm³/mol. The van der Waals surface area contributed by atoms with Crippen LogP contribution in [0.25, 0.3) is 10.9 Å². The van der Waals surface area contributed by atoms with Crippen molar-refractivity contribution >= 4 is 10.9 Å². The van der Waals surface area contributed by atoms with E-state index in [1.807, 2.05) is 6.20 Å². The number of hydrogen-bond donors (Lipinski definition) is 1. The van der Waals surface area contributed by atoms with E-state index in [1.54, 1.807) is 0 Å². The summed E-state index contributed by atoms with van der Waals surface area (Å²) in [4.78, 5) is 3.35. The number of aryl methyl sites for hydroxylation is 1. The molecular formula is C22H25NO. The molecule has 0 saturated carbocycles. The van der Waals surface area contributed by atoms with Crippen LogP contribution in [-0.4, -0.2) is 4.98 Å². The summed E-state index contributed by atoms with van der Waals surface area (Å²) in [7, 11) is 0.